The van der Waals surface area contributed by atoms with Crippen molar-refractivity contribution in [3.8, 4) is 0 Å². The van der Waals surface area contributed by atoms with Gasteiger partial charge in [-0.25, -0.2) is 9.78 Å². The molecule has 0 bridgehead atoms. The molecule has 2 rings (SSSR count). The van der Waals surface area contributed by atoms with E-state index in [2.05, 4.69) is 10.1 Å². The van der Waals surface area contributed by atoms with Crippen LogP contribution in [0.5, 0.6) is 0 Å². The highest BCUT2D eigenvalue weighted by Crippen LogP contribution is 2.38. The number of nitrogens with zero attached hydrogens (tertiary/aromatic N) is 4. The summed E-state index contributed by atoms with van der Waals surface area (Å²) < 4.78 is 46.9. The molecule has 1 unspecified atom stereocenters. The largest absolute Gasteiger partial charge is 0.462 e. The summed E-state index contributed by atoms with van der Waals surface area (Å²) in [7, 11) is 0. The third-order valence-electron chi connectivity index (χ3n) is 4.67. The fraction of sp³-hybridized carbons (Fsp3) is 0.500. The molecule has 1 atom stereocenters. The van der Waals surface area contributed by atoms with E-state index in [1.807, 2.05) is 13.8 Å². The second kappa shape index (κ2) is 10.1. The molecule has 0 aliphatic heterocycles. The molecule has 31 heavy (non-hydrogen) atoms. The van der Waals surface area contributed by atoms with Gasteiger partial charge in [-0.15, -0.1) is 0 Å². The molecule has 7 nitrogen and oxygen atoms in total. The normalized spacial score (nSPS) is 12.9. The van der Waals surface area contributed by atoms with Crippen molar-refractivity contribution < 1.29 is 27.5 Å². The van der Waals surface area contributed by atoms with Gasteiger partial charge in [-0.3, -0.25) is 14.4 Å². The van der Waals surface area contributed by atoms with E-state index in [9.17, 15) is 22.8 Å². The predicted molar refractivity (Wildman–Crippen MR) is 112 cm³/mol. The molecule has 0 saturated carbocycles. The third kappa shape index (κ3) is 5.52. The molecule has 0 radical (unpaired) electrons. The summed E-state index contributed by atoms with van der Waals surface area (Å²) in [6.07, 6.45) is 0.0660. The van der Waals surface area contributed by atoms with Gasteiger partial charge in [0.2, 0.25) is 0 Å². The molecule has 2 aromatic heterocycles. The molecule has 0 spiro atoms. The number of aromatic nitrogens is 3. The van der Waals surface area contributed by atoms with E-state index in [-0.39, 0.29) is 11.7 Å². The molecule has 0 fully saturated rings. The highest BCUT2D eigenvalue weighted by atomic mass is 32.1. The number of carbonyl (C=O) groups excluding carboxylic acids is 2. The number of hydrogen-bond donors (Lipinski definition) is 0. The SMILES string of the molecule is CCOC(=O)c1sc(N(C(=O)/C=C/c2cnn(CC)c2C)C(C)CC)nc1C(F)(F)F. The lowest BCUT2D eigenvalue weighted by Gasteiger charge is -2.24. The Bertz CT molecular complexity index is 966. The first-order valence-corrected chi connectivity index (χ1v) is 10.6. The lowest BCUT2D eigenvalue weighted by molar-refractivity contribution is -0.141. The van der Waals surface area contributed by atoms with Crippen molar-refractivity contribution in [3.63, 3.8) is 0 Å². The average Bonchev–Trinajstić information content (AvgIpc) is 3.30. The van der Waals surface area contributed by atoms with Crippen molar-refractivity contribution in [1.29, 1.82) is 0 Å². The van der Waals surface area contributed by atoms with Crippen LogP contribution in [0.25, 0.3) is 6.08 Å². The Balaban J connectivity index is 2.46. The molecule has 0 aromatic carbocycles. The first-order valence-electron chi connectivity index (χ1n) is 9.83. The maximum absolute atomic E-state index is 13.5. The molecule has 0 saturated heterocycles. The van der Waals surface area contributed by atoms with Crippen LogP contribution in [-0.2, 0) is 22.3 Å². The van der Waals surface area contributed by atoms with Crippen molar-refractivity contribution in [2.75, 3.05) is 11.5 Å². The van der Waals surface area contributed by atoms with Gasteiger partial charge in [-0.2, -0.15) is 18.3 Å². The molecule has 11 heteroatoms. The molecular formula is C20H25F3N4O3S. The standard InChI is InChI=1S/C20H25F3N4O3S/c1-6-12(4)27(15(28)10-9-14-11-24-26(7-2)13(14)5)19-25-17(20(21,22)23)16(31-19)18(29)30-8-3/h9-12H,6-8H2,1-5H3/b10-9+. The van der Waals surface area contributed by atoms with Gasteiger partial charge < -0.3 is 4.74 Å². The summed E-state index contributed by atoms with van der Waals surface area (Å²) in [4.78, 5) is 29.1. The van der Waals surface area contributed by atoms with E-state index in [0.29, 0.717) is 24.3 Å². The number of rotatable bonds is 8. The number of carbonyl (C=O) groups is 2. The quantitative estimate of drug-likeness (QED) is 0.423. The Morgan fingerprint density at radius 3 is 2.52 bits per heavy atom. The van der Waals surface area contributed by atoms with Crippen LogP contribution in [0.15, 0.2) is 12.3 Å². The smallest absolute Gasteiger partial charge is 0.435 e. The van der Waals surface area contributed by atoms with Crippen LogP contribution in [-0.4, -0.2) is 39.3 Å². The maximum atomic E-state index is 13.5. The minimum atomic E-state index is -4.86. The zero-order valence-electron chi connectivity index (χ0n) is 18.0. The van der Waals surface area contributed by atoms with E-state index < -0.39 is 34.7 Å². The Kier molecular flexibility index (Phi) is 7.99. The van der Waals surface area contributed by atoms with E-state index in [4.69, 9.17) is 4.74 Å². The van der Waals surface area contributed by atoms with Crippen LogP contribution in [0.1, 0.15) is 60.7 Å². The first-order chi connectivity index (χ1) is 14.5. The van der Waals surface area contributed by atoms with Gasteiger partial charge in [0.1, 0.15) is 4.88 Å². The molecule has 0 aliphatic rings. The lowest BCUT2D eigenvalue weighted by Crippen LogP contribution is -2.37. The van der Waals surface area contributed by atoms with Crippen molar-refractivity contribution in [1.82, 2.24) is 14.8 Å². The second-order valence-electron chi connectivity index (χ2n) is 6.69. The summed E-state index contributed by atoms with van der Waals surface area (Å²) in [6.45, 7) is 9.38. The molecule has 2 heterocycles. The second-order valence-corrected chi connectivity index (χ2v) is 7.67. The minimum Gasteiger partial charge on any atom is -0.462 e. The van der Waals surface area contributed by atoms with Crippen molar-refractivity contribution in [2.24, 2.45) is 0 Å². The van der Waals surface area contributed by atoms with Crippen LogP contribution in [0.3, 0.4) is 0 Å². The first kappa shape index (κ1) is 24.6. The van der Waals surface area contributed by atoms with Gasteiger partial charge in [0.15, 0.2) is 10.8 Å². The van der Waals surface area contributed by atoms with Crippen LogP contribution in [0.4, 0.5) is 18.3 Å². The van der Waals surface area contributed by atoms with Crippen LogP contribution in [0.2, 0.25) is 0 Å². The molecule has 1 amide bonds. The molecular weight excluding hydrogens is 433 g/mol. The highest BCUT2D eigenvalue weighted by Gasteiger charge is 2.41. The van der Waals surface area contributed by atoms with E-state index >= 15 is 0 Å². The number of halogens is 3. The van der Waals surface area contributed by atoms with Gasteiger partial charge in [0.05, 0.1) is 12.8 Å². The van der Waals surface area contributed by atoms with Crippen LogP contribution < -0.4 is 4.90 Å². The Morgan fingerprint density at radius 2 is 2.00 bits per heavy atom. The van der Waals surface area contributed by atoms with Gasteiger partial charge in [0.25, 0.3) is 5.91 Å². The minimum absolute atomic E-state index is 0.0785. The lowest BCUT2D eigenvalue weighted by atomic mass is 10.2. The van der Waals surface area contributed by atoms with Crippen LogP contribution >= 0.6 is 11.3 Å². The Labute approximate surface area is 182 Å². The average molecular weight is 459 g/mol. The maximum Gasteiger partial charge on any atom is 0.435 e. The summed E-state index contributed by atoms with van der Waals surface area (Å²) in [5.74, 6) is -1.66. The molecule has 2 aromatic rings. The van der Waals surface area contributed by atoms with Crippen molar-refractivity contribution in [3.05, 3.63) is 34.1 Å². The summed E-state index contributed by atoms with van der Waals surface area (Å²) in [5.41, 5.74) is 0.234. The summed E-state index contributed by atoms with van der Waals surface area (Å²) >= 11 is 0.496. The van der Waals surface area contributed by atoms with E-state index in [0.717, 1.165) is 11.3 Å². The van der Waals surface area contributed by atoms with Gasteiger partial charge in [0, 0.05) is 29.9 Å². The molecule has 0 N–H and O–H groups in total. The molecule has 170 valence electrons. The number of thiazole rings is 1. The van der Waals surface area contributed by atoms with E-state index in [1.165, 1.54) is 17.9 Å². The fourth-order valence-electron chi connectivity index (χ4n) is 2.81. The monoisotopic (exact) mass is 458 g/mol. The third-order valence-corrected chi connectivity index (χ3v) is 5.70. The highest BCUT2D eigenvalue weighted by molar-refractivity contribution is 7.17. The van der Waals surface area contributed by atoms with Crippen molar-refractivity contribution >= 4 is 34.4 Å². The zero-order chi connectivity index (χ0) is 23.3. The number of hydrogen-bond acceptors (Lipinski definition) is 6. The fourth-order valence-corrected chi connectivity index (χ4v) is 3.89. The topological polar surface area (TPSA) is 77.3 Å². The number of alkyl halides is 3. The van der Waals surface area contributed by atoms with E-state index in [1.54, 1.807) is 30.8 Å². The summed E-state index contributed by atoms with van der Waals surface area (Å²) in [5, 5.41) is 3.99. The Hall–Kier alpha value is -2.69. The number of esters is 1. The zero-order valence-corrected chi connectivity index (χ0v) is 18.8. The summed E-state index contributed by atoms with van der Waals surface area (Å²) in [6, 6.07) is -0.445. The number of anilines is 1. The van der Waals surface area contributed by atoms with Crippen LogP contribution in [0, 0.1) is 6.92 Å². The number of aryl methyl sites for hydroxylation is 1. The number of ether oxygens (including phenoxy) is 1. The predicted octanol–water partition coefficient (Wildman–Crippen LogP) is 4.71. The van der Waals surface area contributed by atoms with Gasteiger partial charge in [-0.05, 0) is 40.2 Å². The van der Waals surface area contributed by atoms with Gasteiger partial charge in [-0.1, -0.05) is 18.3 Å². The van der Waals surface area contributed by atoms with Gasteiger partial charge >= 0.3 is 12.1 Å². The van der Waals surface area contributed by atoms with Crippen molar-refractivity contribution in [2.45, 2.75) is 59.8 Å². The number of amides is 1. The molecule has 0 aliphatic carbocycles. The Morgan fingerprint density at radius 1 is 1.32 bits per heavy atom.